The van der Waals surface area contributed by atoms with Gasteiger partial charge in [0, 0.05) is 24.4 Å². The van der Waals surface area contributed by atoms with Crippen LogP contribution in [0.15, 0.2) is 143 Å². The fourth-order valence-electron chi connectivity index (χ4n) is 5.34. The zero-order valence-electron chi connectivity index (χ0n) is 28.3. The van der Waals surface area contributed by atoms with Crippen LogP contribution in [0.3, 0.4) is 0 Å². The highest BCUT2D eigenvalue weighted by atomic mass is 32.2. The molecule has 0 amide bonds. The Bertz CT molecular complexity index is 2220. The first kappa shape index (κ1) is 38.5. The van der Waals surface area contributed by atoms with Crippen LogP contribution in [0.25, 0.3) is 0 Å². The van der Waals surface area contributed by atoms with Crippen LogP contribution in [-0.4, -0.2) is 39.6 Å². The molecule has 0 bridgehead atoms. The van der Waals surface area contributed by atoms with Crippen LogP contribution >= 0.6 is 0 Å². The normalized spacial score (nSPS) is 14.3. The summed E-state index contributed by atoms with van der Waals surface area (Å²) >= 11 is 0. The molecule has 1 fully saturated rings. The Kier molecular flexibility index (Phi) is 12.9. The smallest absolute Gasteiger partial charge is 0.289 e. The molecule has 1 aliphatic heterocycles. The summed E-state index contributed by atoms with van der Waals surface area (Å²) in [6, 6.07) is 34.8. The van der Waals surface area contributed by atoms with Crippen molar-refractivity contribution >= 4 is 42.8 Å². The van der Waals surface area contributed by atoms with Crippen molar-refractivity contribution in [3.8, 4) is 0 Å². The molecule has 1 atom stereocenters. The van der Waals surface area contributed by atoms with Crippen LogP contribution in [0.2, 0.25) is 0 Å². The lowest BCUT2D eigenvalue weighted by Crippen LogP contribution is -2.31. The Morgan fingerprint density at radius 3 is 1.79 bits per heavy atom. The first-order valence-electron chi connectivity index (χ1n) is 16.4. The average Bonchev–Trinajstić information content (AvgIpc) is 3.17. The SMILES string of the molecule is O=[N+]([O-])c1ccccc1S(=O)(=O)N(Cc1ccc(COC2CCCCO2)cc1)c1ccccc1.O=[N+]([O-])c1ccccc1S(=O)(=O)Nc1ccccc1. The molecular weight excluding hydrogens is 725 g/mol. The van der Waals surface area contributed by atoms with E-state index < -0.39 is 41.3 Å². The van der Waals surface area contributed by atoms with Crippen LogP contribution in [0.4, 0.5) is 22.7 Å². The molecule has 1 unspecified atom stereocenters. The fraction of sp³-hybridized carbons (Fsp3) is 0.189. The first-order chi connectivity index (χ1) is 25.5. The third kappa shape index (κ3) is 10.2. The number of nitrogens with zero attached hydrogens (tertiary/aromatic N) is 3. The number of rotatable bonds is 13. The van der Waals surface area contributed by atoms with Gasteiger partial charge in [-0.2, -0.15) is 0 Å². The molecule has 53 heavy (non-hydrogen) atoms. The summed E-state index contributed by atoms with van der Waals surface area (Å²) in [5.74, 6) is 0. The number of benzene rings is 5. The molecule has 1 N–H and O–H groups in total. The van der Waals surface area contributed by atoms with Crippen molar-refractivity contribution in [1.82, 2.24) is 0 Å². The number of hydrogen-bond acceptors (Lipinski definition) is 10. The molecular formula is C37H36N4O10S2. The highest BCUT2D eigenvalue weighted by Crippen LogP contribution is 2.31. The zero-order chi connectivity index (χ0) is 37.8. The Hall–Kier alpha value is -5.68. The predicted octanol–water partition coefficient (Wildman–Crippen LogP) is 7.43. The molecule has 5 aromatic rings. The van der Waals surface area contributed by atoms with E-state index in [0.29, 0.717) is 24.6 Å². The van der Waals surface area contributed by atoms with Gasteiger partial charge in [-0.1, -0.05) is 84.9 Å². The van der Waals surface area contributed by atoms with Crippen molar-refractivity contribution in [2.75, 3.05) is 15.6 Å². The van der Waals surface area contributed by atoms with Gasteiger partial charge in [0.15, 0.2) is 16.1 Å². The molecule has 5 aromatic carbocycles. The highest BCUT2D eigenvalue weighted by molar-refractivity contribution is 7.93. The van der Waals surface area contributed by atoms with Gasteiger partial charge < -0.3 is 9.47 Å². The molecule has 0 saturated carbocycles. The lowest BCUT2D eigenvalue weighted by atomic mass is 10.1. The topological polar surface area (TPSA) is 188 Å². The van der Waals surface area contributed by atoms with E-state index in [4.69, 9.17) is 9.47 Å². The summed E-state index contributed by atoms with van der Waals surface area (Å²) in [7, 11) is -8.19. The molecule has 1 heterocycles. The number of nitrogens with one attached hydrogen (secondary N) is 1. The molecule has 0 radical (unpaired) electrons. The second kappa shape index (κ2) is 17.7. The molecule has 6 rings (SSSR count). The maximum absolute atomic E-state index is 13.6. The van der Waals surface area contributed by atoms with Gasteiger partial charge >= 0.3 is 0 Å². The second-order valence-electron chi connectivity index (χ2n) is 11.7. The van der Waals surface area contributed by atoms with E-state index >= 15 is 0 Å². The van der Waals surface area contributed by atoms with Crippen molar-refractivity contribution < 1.29 is 36.2 Å². The largest absolute Gasteiger partial charge is 0.353 e. The summed E-state index contributed by atoms with van der Waals surface area (Å²) < 4.78 is 66.3. The summed E-state index contributed by atoms with van der Waals surface area (Å²) in [6.07, 6.45) is 2.84. The molecule has 0 aromatic heterocycles. The molecule has 1 aliphatic rings. The van der Waals surface area contributed by atoms with Crippen LogP contribution in [0.1, 0.15) is 30.4 Å². The van der Waals surface area contributed by atoms with Crippen LogP contribution in [0.5, 0.6) is 0 Å². The highest BCUT2D eigenvalue weighted by Gasteiger charge is 2.32. The number of hydrogen-bond donors (Lipinski definition) is 1. The van der Waals surface area contributed by atoms with Crippen molar-refractivity contribution in [1.29, 1.82) is 0 Å². The summed E-state index contributed by atoms with van der Waals surface area (Å²) in [5, 5.41) is 22.3. The van der Waals surface area contributed by atoms with Gasteiger partial charge in [-0.15, -0.1) is 0 Å². The minimum Gasteiger partial charge on any atom is -0.353 e. The third-order valence-electron chi connectivity index (χ3n) is 7.97. The van der Waals surface area contributed by atoms with Crippen molar-refractivity contribution in [3.05, 3.63) is 165 Å². The maximum atomic E-state index is 13.6. The number of nitro benzene ring substituents is 2. The van der Waals surface area contributed by atoms with E-state index in [1.54, 1.807) is 60.7 Å². The van der Waals surface area contributed by atoms with Gasteiger partial charge in [-0.05, 0) is 66.8 Å². The Labute approximate surface area is 307 Å². The monoisotopic (exact) mass is 760 g/mol. The van der Waals surface area contributed by atoms with Gasteiger partial charge in [0.2, 0.25) is 0 Å². The van der Waals surface area contributed by atoms with Crippen molar-refractivity contribution in [2.24, 2.45) is 0 Å². The second-order valence-corrected chi connectivity index (χ2v) is 15.2. The standard InChI is InChI=1S/C25H26N2O6S.C12H10N2O4S/c28-27(29)23-10-4-5-11-24(23)34(30,31)26(22-8-2-1-3-9-22)18-20-13-15-21(16-14-20)19-33-25-12-6-7-17-32-25;15-14(16)11-8-4-5-9-12(11)19(17,18)13-10-6-2-1-3-7-10/h1-5,8-11,13-16,25H,6-7,12,17-19H2;1-9,13H. The van der Waals surface area contributed by atoms with Crippen molar-refractivity contribution in [3.63, 3.8) is 0 Å². The van der Waals surface area contributed by atoms with Gasteiger partial charge in [-0.3, -0.25) is 29.3 Å². The minimum atomic E-state index is -4.21. The lowest BCUT2D eigenvalue weighted by Gasteiger charge is -2.25. The summed E-state index contributed by atoms with van der Waals surface area (Å²) in [4.78, 5) is 20.2. The number of nitro groups is 2. The zero-order valence-corrected chi connectivity index (χ0v) is 29.9. The van der Waals surface area contributed by atoms with Gasteiger partial charge in [0.1, 0.15) is 0 Å². The quantitative estimate of drug-likeness (QED) is 0.0934. The third-order valence-corrected chi connectivity index (χ3v) is 11.2. The van der Waals surface area contributed by atoms with Crippen LogP contribution < -0.4 is 9.03 Å². The fourth-order valence-corrected chi connectivity index (χ4v) is 8.19. The van der Waals surface area contributed by atoms with E-state index in [1.165, 1.54) is 46.8 Å². The van der Waals surface area contributed by atoms with E-state index in [0.717, 1.165) is 36.5 Å². The number of para-hydroxylation sites is 4. The van der Waals surface area contributed by atoms with Gasteiger partial charge in [0.05, 0.1) is 28.7 Å². The van der Waals surface area contributed by atoms with E-state index in [2.05, 4.69) is 4.72 Å². The predicted molar refractivity (Wildman–Crippen MR) is 198 cm³/mol. The maximum Gasteiger partial charge on any atom is 0.289 e. The Morgan fingerprint density at radius 2 is 1.21 bits per heavy atom. The molecule has 276 valence electrons. The molecule has 0 aliphatic carbocycles. The van der Waals surface area contributed by atoms with E-state index in [-0.39, 0.29) is 22.6 Å². The summed E-state index contributed by atoms with van der Waals surface area (Å²) in [6.45, 7) is 1.14. The number of sulfonamides is 2. The number of ether oxygens (including phenoxy) is 2. The van der Waals surface area contributed by atoms with Gasteiger partial charge in [-0.25, -0.2) is 16.8 Å². The van der Waals surface area contributed by atoms with Crippen LogP contribution in [0, 0.1) is 20.2 Å². The Morgan fingerprint density at radius 1 is 0.679 bits per heavy atom. The molecule has 1 saturated heterocycles. The van der Waals surface area contributed by atoms with Gasteiger partial charge in [0.25, 0.3) is 31.4 Å². The number of anilines is 2. The van der Waals surface area contributed by atoms with Crippen molar-refractivity contribution in [2.45, 2.75) is 48.5 Å². The average molecular weight is 761 g/mol. The minimum absolute atomic E-state index is 0.0191. The summed E-state index contributed by atoms with van der Waals surface area (Å²) in [5.41, 5.74) is 1.55. The van der Waals surface area contributed by atoms with E-state index in [9.17, 15) is 37.1 Å². The first-order valence-corrected chi connectivity index (χ1v) is 19.3. The molecule has 16 heteroatoms. The van der Waals surface area contributed by atoms with Crippen LogP contribution in [-0.2, 0) is 42.7 Å². The lowest BCUT2D eigenvalue weighted by molar-refractivity contribution is -0.388. The molecule has 14 nitrogen and oxygen atoms in total. The molecule has 0 spiro atoms. The van der Waals surface area contributed by atoms with E-state index in [1.807, 2.05) is 24.3 Å². The Balaban J connectivity index is 0.000000241.